The van der Waals surface area contributed by atoms with Gasteiger partial charge in [-0.3, -0.25) is 14.9 Å². The minimum absolute atomic E-state index is 0.0583. The second-order valence-corrected chi connectivity index (χ2v) is 6.80. The summed E-state index contributed by atoms with van der Waals surface area (Å²) in [4.78, 5) is 22.9. The summed E-state index contributed by atoms with van der Waals surface area (Å²) < 4.78 is 11.4. The molecular formula is C21H14BrN3O5. The van der Waals surface area contributed by atoms with Crippen molar-refractivity contribution in [3.05, 3.63) is 80.5 Å². The summed E-state index contributed by atoms with van der Waals surface area (Å²) in [7, 11) is 1.48. The van der Waals surface area contributed by atoms with Crippen LogP contribution in [0.25, 0.3) is 17.4 Å². The molecule has 0 aliphatic heterocycles. The van der Waals surface area contributed by atoms with Crippen molar-refractivity contribution in [3.63, 3.8) is 0 Å². The number of nitrogens with zero attached hydrogens (tertiary/aromatic N) is 2. The van der Waals surface area contributed by atoms with Gasteiger partial charge in [0.1, 0.15) is 28.9 Å². The predicted octanol–water partition coefficient (Wildman–Crippen LogP) is 5.17. The average Bonchev–Trinajstić information content (AvgIpc) is 3.20. The highest BCUT2D eigenvalue weighted by atomic mass is 79.9. The van der Waals surface area contributed by atoms with Crippen molar-refractivity contribution in [1.29, 1.82) is 5.26 Å². The number of nitro benzene ring substituents is 1. The van der Waals surface area contributed by atoms with Gasteiger partial charge in [-0.15, -0.1) is 0 Å². The maximum absolute atomic E-state index is 12.5. The minimum atomic E-state index is -0.614. The standard InChI is InChI=1S/C21H14BrN3O5/c1-29-20-5-3-2-4-18(20)24-21(26)13(12-23)10-15-7-9-19(30-15)16-8-6-14(25(27)28)11-17(16)22/h2-11H,1H3,(H,24,26)/b13-10+. The molecule has 1 heterocycles. The third-order valence-corrected chi connectivity index (χ3v) is 4.72. The van der Waals surface area contributed by atoms with Gasteiger partial charge in [0.25, 0.3) is 11.6 Å². The summed E-state index contributed by atoms with van der Waals surface area (Å²) >= 11 is 3.29. The molecule has 30 heavy (non-hydrogen) atoms. The molecule has 1 amide bonds. The Kier molecular flexibility index (Phi) is 6.29. The summed E-state index contributed by atoms with van der Waals surface area (Å²) in [5.74, 6) is 0.551. The summed E-state index contributed by atoms with van der Waals surface area (Å²) in [5.41, 5.74) is 0.806. The van der Waals surface area contributed by atoms with Crippen LogP contribution in [0.4, 0.5) is 11.4 Å². The molecule has 0 saturated heterocycles. The van der Waals surface area contributed by atoms with Crippen molar-refractivity contribution in [2.45, 2.75) is 0 Å². The highest BCUT2D eigenvalue weighted by Crippen LogP contribution is 2.33. The van der Waals surface area contributed by atoms with E-state index in [1.165, 1.54) is 25.3 Å². The van der Waals surface area contributed by atoms with Crippen molar-refractivity contribution in [2.24, 2.45) is 0 Å². The van der Waals surface area contributed by atoms with E-state index in [-0.39, 0.29) is 17.0 Å². The molecule has 0 atom stereocenters. The van der Waals surface area contributed by atoms with Crippen molar-refractivity contribution < 1.29 is 18.9 Å². The second-order valence-electron chi connectivity index (χ2n) is 5.95. The summed E-state index contributed by atoms with van der Waals surface area (Å²) in [6.07, 6.45) is 1.31. The maximum atomic E-state index is 12.5. The molecule has 1 N–H and O–H groups in total. The summed E-state index contributed by atoms with van der Waals surface area (Å²) in [6, 6.07) is 16.2. The van der Waals surface area contributed by atoms with Crippen LogP contribution in [0.2, 0.25) is 0 Å². The molecule has 0 fully saturated rings. The van der Waals surface area contributed by atoms with Crippen LogP contribution in [-0.2, 0) is 4.79 Å². The van der Waals surface area contributed by atoms with Gasteiger partial charge < -0.3 is 14.5 Å². The highest BCUT2D eigenvalue weighted by molar-refractivity contribution is 9.10. The first kappa shape index (κ1) is 20.8. The van der Waals surface area contributed by atoms with Gasteiger partial charge >= 0.3 is 0 Å². The van der Waals surface area contributed by atoms with Crippen LogP contribution >= 0.6 is 15.9 Å². The van der Waals surface area contributed by atoms with E-state index in [1.54, 1.807) is 42.5 Å². The number of nitro groups is 1. The van der Waals surface area contributed by atoms with Crippen molar-refractivity contribution >= 4 is 39.3 Å². The van der Waals surface area contributed by atoms with Gasteiger partial charge in [0.05, 0.1) is 17.7 Å². The fraction of sp³-hybridized carbons (Fsp3) is 0.0476. The molecule has 0 bridgehead atoms. The van der Waals surface area contributed by atoms with Crippen LogP contribution in [0, 0.1) is 21.4 Å². The number of carbonyl (C=O) groups excluding carboxylic acids is 1. The predicted molar refractivity (Wildman–Crippen MR) is 114 cm³/mol. The number of nitrogens with one attached hydrogen (secondary N) is 1. The molecule has 150 valence electrons. The molecule has 1 aromatic heterocycles. The number of halogens is 1. The smallest absolute Gasteiger partial charge is 0.270 e. The van der Waals surface area contributed by atoms with Crippen molar-refractivity contribution in [1.82, 2.24) is 0 Å². The first-order valence-electron chi connectivity index (χ1n) is 8.53. The minimum Gasteiger partial charge on any atom is -0.495 e. The Labute approximate surface area is 179 Å². The molecule has 8 nitrogen and oxygen atoms in total. The fourth-order valence-electron chi connectivity index (χ4n) is 2.62. The molecule has 0 saturated carbocycles. The summed E-state index contributed by atoms with van der Waals surface area (Å²) in [6.45, 7) is 0. The van der Waals surface area contributed by atoms with E-state index in [0.29, 0.717) is 27.2 Å². The molecule has 9 heteroatoms. The maximum Gasteiger partial charge on any atom is 0.270 e. The number of ether oxygens (including phenoxy) is 1. The fourth-order valence-corrected chi connectivity index (χ4v) is 3.18. The number of amides is 1. The van der Waals surface area contributed by atoms with Gasteiger partial charge in [0.2, 0.25) is 0 Å². The Morgan fingerprint density at radius 1 is 1.27 bits per heavy atom. The monoisotopic (exact) mass is 467 g/mol. The average molecular weight is 468 g/mol. The Morgan fingerprint density at radius 3 is 2.70 bits per heavy atom. The molecule has 0 radical (unpaired) electrons. The number of non-ortho nitro benzene ring substituents is 1. The SMILES string of the molecule is COc1ccccc1NC(=O)/C(C#N)=C/c1ccc(-c2ccc([N+](=O)[O-])cc2Br)o1. The third-order valence-electron chi connectivity index (χ3n) is 4.06. The lowest BCUT2D eigenvalue weighted by molar-refractivity contribution is -0.384. The Balaban J connectivity index is 1.84. The number of methoxy groups -OCH3 is 1. The second kappa shape index (κ2) is 9.07. The quantitative estimate of drug-likeness (QED) is 0.231. The number of anilines is 1. The Hall–Kier alpha value is -3.90. The first-order chi connectivity index (χ1) is 14.4. The Morgan fingerprint density at radius 2 is 2.03 bits per heavy atom. The molecule has 2 aromatic carbocycles. The van der Waals surface area contributed by atoms with Crippen LogP contribution in [0.3, 0.4) is 0 Å². The van der Waals surface area contributed by atoms with Crippen molar-refractivity contribution in [3.8, 4) is 23.1 Å². The largest absolute Gasteiger partial charge is 0.495 e. The molecule has 0 unspecified atom stereocenters. The molecule has 0 aliphatic carbocycles. The van der Waals surface area contributed by atoms with Gasteiger partial charge in [-0.2, -0.15) is 5.26 Å². The normalized spacial score (nSPS) is 10.9. The number of hydrogen-bond donors (Lipinski definition) is 1. The number of nitriles is 1. The van der Waals surface area contributed by atoms with Gasteiger partial charge in [0.15, 0.2) is 0 Å². The van der Waals surface area contributed by atoms with Gasteiger partial charge in [0, 0.05) is 28.2 Å². The van der Waals surface area contributed by atoms with E-state index in [0.717, 1.165) is 0 Å². The molecule has 3 rings (SSSR count). The van der Waals surface area contributed by atoms with E-state index in [2.05, 4.69) is 21.2 Å². The van der Waals surface area contributed by atoms with Crippen LogP contribution in [0.5, 0.6) is 5.75 Å². The zero-order valence-electron chi connectivity index (χ0n) is 15.6. The zero-order chi connectivity index (χ0) is 21.7. The number of rotatable bonds is 6. The number of para-hydroxylation sites is 2. The molecule has 0 aliphatic rings. The van der Waals surface area contributed by atoms with Crippen LogP contribution in [-0.4, -0.2) is 17.9 Å². The first-order valence-corrected chi connectivity index (χ1v) is 9.32. The summed E-state index contributed by atoms with van der Waals surface area (Å²) in [5, 5.41) is 22.9. The van der Waals surface area contributed by atoms with Crippen molar-refractivity contribution in [2.75, 3.05) is 12.4 Å². The van der Waals surface area contributed by atoms with E-state index < -0.39 is 10.8 Å². The zero-order valence-corrected chi connectivity index (χ0v) is 17.2. The van der Waals surface area contributed by atoms with E-state index in [1.807, 2.05) is 6.07 Å². The van der Waals surface area contributed by atoms with Crippen LogP contribution in [0.15, 0.2) is 69.1 Å². The van der Waals surface area contributed by atoms with Gasteiger partial charge in [-0.05, 0) is 46.3 Å². The lowest BCUT2D eigenvalue weighted by atomic mass is 10.1. The number of hydrogen-bond acceptors (Lipinski definition) is 6. The van der Waals surface area contributed by atoms with E-state index in [4.69, 9.17) is 9.15 Å². The number of furan rings is 1. The molecule has 0 spiro atoms. The van der Waals surface area contributed by atoms with Crippen LogP contribution < -0.4 is 10.1 Å². The van der Waals surface area contributed by atoms with Gasteiger partial charge in [-0.25, -0.2) is 0 Å². The lowest BCUT2D eigenvalue weighted by Gasteiger charge is -2.08. The lowest BCUT2D eigenvalue weighted by Crippen LogP contribution is -2.14. The topological polar surface area (TPSA) is 118 Å². The molecule has 3 aromatic rings. The highest BCUT2D eigenvalue weighted by Gasteiger charge is 2.15. The van der Waals surface area contributed by atoms with E-state index in [9.17, 15) is 20.2 Å². The van der Waals surface area contributed by atoms with Crippen LogP contribution in [0.1, 0.15) is 5.76 Å². The number of benzene rings is 2. The van der Waals surface area contributed by atoms with Gasteiger partial charge in [-0.1, -0.05) is 12.1 Å². The molecular weight excluding hydrogens is 454 g/mol. The third kappa shape index (κ3) is 4.56. The number of carbonyl (C=O) groups is 1. The van der Waals surface area contributed by atoms with E-state index >= 15 is 0 Å². The Bertz CT molecular complexity index is 1190.